The largest absolute Gasteiger partial charge is 0.305 e. The summed E-state index contributed by atoms with van der Waals surface area (Å²) < 4.78 is 0. The third kappa shape index (κ3) is 2.96. The first-order valence-corrected chi connectivity index (χ1v) is 7.24. The summed E-state index contributed by atoms with van der Waals surface area (Å²) in [6.07, 6.45) is 0.393. The number of rotatable bonds is 2. The van der Waals surface area contributed by atoms with E-state index in [2.05, 4.69) is 34.6 Å². The van der Waals surface area contributed by atoms with Gasteiger partial charge in [-0.25, -0.2) is 0 Å². The van der Waals surface area contributed by atoms with Crippen LogP contribution in [0.3, 0.4) is 0 Å². The van der Waals surface area contributed by atoms with Gasteiger partial charge in [-0.1, -0.05) is 54.2 Å². The van der Waals surface area contributed by atoms with Gasteiger partial charge in [-0.2, -0.15) is 0 Å². The zero-order valence-corrected chi connectivity index (χ0v) is 11.2. The van der Waals surface area contributed by atoms with Gasteiger partial charge < -0.3 is 5.32 Å². The van der Waals surface area contributed by atoms with E-state index in [1.807, 2.05) is 18.2 Å². The SMILES string of the molecule is O=C(Cc1ccc2ccccc2c1)NC1=NCCS1. The van der Waals surface area contributed by atoms with Crippen molar-refractivity contribution >= 4 is 33.6 Å². The van der Waals surface area contributed by atoms with E-state index in [1.54, 1.807) is 11.8 Å². The van der Waals surface area contributed by atoms with E-state index in [9.17, 15) is 4.79 Å². The van der Waals surface area contributed by atoms with E-state index in [4.69, 9.17) is 0 Å². The summed E-state index contributed by atoms with van der Waals surface area (Å²) in [4.78, 5) is 16.1. The van der Waals surface area contributed by atoms with Crippen LogP contribution in [0.25, 0.3) is 10.8 Å². The lowest BCUT2D eigenvalue weighted by molar-refractivity contribution is -0.119. The van der Waals surface area contributed by atoms with Gasteiger partial charge in [0.1, 0.15) is 0 Å². The number of aliphatic imine (C=N–C) groups is 1. The smallest absolute Gasteiger partial charge is 0.230 e. The molecule has 96 valence electrons. The van der Waals surface area contributed by atoms with Crippen LogP contribution in [0.1, 0.15) is 5.56 Å². The Morgan fingerprint density at radius 3 is 2.84 bits per heavy atom. The van der Waals surface area contributed by atoms with Crippen LogP contribution in [0.5, 0.6) is 0 Å². The summed E-state index contributed by atoms with van der Waals surface area (Å²) in [7, 11) is 0. The van der Waals surface area contributed by atoms with Gasteiger partial charge in [0.25, 0.3) is 0 Å². The van der Waals surface area contributed by atoms with Crippen molar-refractivity contribution in [3.8, 4) is 0 Å². The van der Waals surface area contributed by atoms with E-state index in [1.165, 1.54) is 10.8 Å². The fourth-order valence-electron chi connectivity index (χ4n) is 2.11. The third-order valence-electron chi connectivity index (χ3n) is 3.01. The molecule has 1 heterocycles. The molecule has 0 aromatic heterocycles. The minimum atomic E-state index is 0.00318. The molecule has 0 spiro atoms. The molecule has 0 saturated carbocycles. The summed E-state index contributed by atoms with van der Waals surface area (Å²) in [5, 5.41) is 5.97. The van der Waals surface area contributed by atoms with E-state index in [-0.39, 0.29) is 5.91 Å². The van der Waals surface area contributed by atoms with Gasteiger partial charge in [-0.3, -0.25) is 9.79 Å². The zero-order valence-electron chi connectivity index (χ0n) is 10.4. The number of amides is 1. The molecule has 1 amide bonds. The van der Waals surface area contributed by atoms with Gasteiger partial charge in [0.15, 0.2) is 5.17 Å². The fraction of sp³-hybridized carbons (Fsp3) is 0.200. The number of nitrogens with one attached hydrogen (secondary N) is 1. The van der Waals surface area contributed by atoms with Crippen molar-refractivity contribution in [2.45, 2.75) is 6.42 Å². The molecule has 0 bridgehead atoms. The number of amidine groups is 1. The second-order valence-electron chi connectivity index (χ2n) is 4.44. The van der Waals surface area contributed by atoms with Crippen molar-refractivity contribution in [3.63, 3.8) is 0 Å². The summed E-state index contributed by atoms with van der Waals surface area (Å²) in [5.41, 5.74) is 1.03. The normalized spacial score (nSPS) is 14.4. The van der Waals surface area contributed by atoms with Crippen LogP contribution in [0.15, 0.2) is 47.5 Å². The Balaban J connectivity index is 1.72. The van der Waals surface area contributed by atoms with Crippen molar-refractivity contribution < 1.29 is 4.79 Å². The first-order valence-electron chi connectivity index (χ1n) is 6.26. The van der Waals surface area contributed by atoms with Crippen molar-refractivity contribution in [2.75, 3.05) is 12.3 Å². The highest BCUT2D eigenvalue weighted by Gasteiger charge is 2.11. The second-order valence-corrected chi connectivity index (χ2v) is 5.53. The van der Waals surface area contributed by atoms with Gasteiger partial charge in [0.2, 0.25) is 5.91 Å². The van der Waals surface area contributed by atoms with Gasteiger partial charge in [0, 0.05) is 5.75 Å². The van der Waals surface area contributed by atoms with Crippen molar-refractivity contribution in [2.24, 2.45) is 4.99 Å². The summed E-state index contributed by atoms with van der Waals surface area (Å²) >= 11 is 1.60. The maximum Gasteiger partial charge on any atom is 0.230 e. The standard InChI is InChI=1S/C15H14N2OS/c18-14(17-15-16-7-8-19-15)10-11-5-6-12-3-1-2-4-13(12)9-11/h1-6,9H,7-8,10H2,(H,16,17,18). The van der Waals surface area contributed by atoms with E-state index in [0.717, 1.165) is 23.0 Å². The summed E-state index contributed by atoms with van der Waals surface area (Å²) in [6, 6.07) is 14.3. The average Bonchev–Trinajstić information content (AvgIpc) is 2.91. The monoisotopic (exact) mass is 270 g/mol. The van der Waals surface area contributed by atoms with Gasteiger partial charge in [-0.05, 0) is 16.3 Å². The molecule has 1 N–H and O–H groups in total. The van der Waals surface area contributed by atoms with Crippen LogP contribution in [0, 0.1) is 0 Å². The lowest BCUT2D eigenvalue weighted by Crippen LogP contribution is -2.28. The van der Waals surface area contributed by atoms with Gasteiger partial charge >= 0.3 is 0 Å². The summed E-state index contributed by atoms with van der Waals surface area (Å²) in [6.45, 7) is 0.802. The highest BCUT2D eigenvalue weighted by molar-refractivity contribution is 8.14. The number of carbonyl (C=O) groups excluding carboxylic acids is 1. The Bertz CT molecular complexity index is 651. The average molecular weight is 270 g/mol. The highest BCUT2D eigenvalue weighted by atomic mass is 32.2. The Morgan fingerprint density at radius 1 is 1.21 bits per heavy atom. The molecule has 0 saturated heterocycles. The van der Waals surface area contributed by atoms with Crippen molar-refractivity contribution in [3.05, 3.63) is 48.0 Å². The maximum absolute atomic E-state index is 11.9. The first kappa shape index (κ1) is 12.2. The molecule has 2 aromatic carbocycles. The zero-order chi connectivity index (χ0) is 13.1. The van der Waals surface area contributed by atoms with Crippen molar-refractivity contribution in [1.82, 2.24) is 5.32 Å². The molecule has 0 aliphatic carbocycles. The lowest BCUT2D eigenvalue weighted by Gasteiger charge is -2.05. The Hall–Kier alpha value is -1.81. The number of thioether (sulfide) groups is 1. The minimum absolute atomic E-state index is 0.00318. The topological polar surface area (TPSA) is 41.5 Å². The van der Waals surface area contributed by atoms with Crippen LogP contribution < -0.4 is 5.32 Å². The first-order chi connectivity index (χ1) is 9.31. The van der Waals surface area contributed by atoms with E-state index >= 15 is 0 Å². The molecular formula is C15H14N2OS. The highest BCUT2D eigenvalue weighted by Crippen LogP contribution is 2.16. The molecule has 1 aliphatic rings. The van der Waals surface area contributed by atoms with Gasteiger partial charge in [-0.15, -0.1) is 0 Å². The molecule has 0 radical (unpaired) electrons. The molecular weight excluding hydrogens is 256 g/mol. The molecule has 2 aromatic rings. The number of fused-ring (bicyclic) bond motifs is 1. The third-order valence-corrected chi connectivity index (χ3v) is 3.90. The Morgan fingerprint density at radius 2 is 2.05 bits per heavy atom. The quantitative estimate of drug-likeness (QED) is 0.911. The molecule has 0 fully saturated rings. The molecule has 4 heteroatoms. The molecule has 19 heavy (non-hydrogen) atoms. The van der Waals surface area contributed by atoms with Crippen LogP contribution in [0.2, 0.25) is 0 Å². The minimum Gasteiger partial charge on any atom is -0.305 e. The number of benzene rings is 2. The number of carbonyl (C=O) groups is 1. The van der Waals surface area contributed by atoms with E-state index in [0.29, 0.717) is 6.42 Å². The van der Waals surface area contributed by atoms with Crippen molar-refractivity contribution in [1.29, 1.82) is 0 Å². The van der Waals surface area contributed by atoms with Crippen LogP contribution >= 0.6 is 11.8 Å². The lowest BCUT2D eigenvalue weighted by atomic mass is 10.1. The maximum atomic E-state index is 11.9. The van der Waals surface area contributed by atoms with Crippen LogP contribution in [-0.2, 0) is 11.2 Å². The van der Waals surface area contributed by atoms with E-state index < -0.39 is 0 Å². The Kier molecular flexibility index (Phi) is 3.51. The van der Waals surface area contributed by atoms with Crippen LogP contribution in [0.4, 0.5) is 0 Å². The summed E-state index contributed by atoms with van der Waals surface area (Å²) in [5.74, 6) is 0.967. The predicted molar refractivity (Wildman–Crippen MR) is 80.6 cm³/mol. The second kappa shape index (κ2) is 5.45. The predicted octanol–water partition coefficient (Wildman–Crippen LogP) is 2.60. The molecule has 0 atom stereocenters. The number of hydrogen-bond acceptors (Lipinski definition) is 3. The van der Waals surface area contributed by atoms with Gasteiger partial charge in [0.05, 0.1) is 13.0 Å². The molecule has 0 unspecified atom stereocenters. The molecule has 3 rings (SSSR count). The number of hydrogen-bond donors (Lipinski definition) is 1. The van der Waals surface area contributed by atoms with Crippen LogP contribution in [-0.4, -0.2) is 23.4 Å². The molecule has 1 aliphatic heterocycles. The number of nitrogens with zero attached hydrogens (tertiary/aromatic N) is 1. The fourth-order valence-corrected chi connectivity index (χ4v) is 2.85. The molecule has 3 nitrogen and oxygen atoms in total. The Labute approximate surface area is 116 Å².